The van der Waals surface area contributed by atoms with E-state index in [1.807, 2.05) is 48.5 Å². The van der Waals surface area contributed by atoms with Crippen LogP contribution in [-0.2, 0) is 9.53 Å². The molecular weight excluding hydrogens is 362 g/mol. The van der Waals surface area contributed by atoms with Gasteiger partial charge in [-0.25, -0.2) is 4.79 Å². The van der Waals surface area contributed by atoms with Gasteiger partial charge in [-0.05, 0) is 30.7 Å². The number of carbonyl (C=O) groups excluding carboxylic acids is 3. The number of benzene rings is 2. The van der Waals surface area contributed by atoms with Crippen LogP contribution in [0.15, 0.2) is 66.7 Å². The van der Waals surface area contributed by atoms with Gasteiger partial charge in [-0.1, -0.05) is 48.5 Å². The molecule has 3 rings (SSSR count). The van der Waals surface area contributed by atoms with Crippen LogP contribution in [0, 0.1) is 0 Å². The monoisotopic (exact) mass is 379 g/mol. The molecule has 0 saturated heterocycles. The quantitative estimate of drug-likeness (QED) is 0.508. The number of para-hydroxylation sites is 1. The Morgan fingerprint density at radius 2 is 1.56 bits per heavy atom. The first kappa shape index (κ1) is 18.5. The summed E-state index contributed by atoms with van der Waals surface area (Å²) in [5.74, 6) is -1.18. The fourth-order valence-corrected chi connectivity index (χ4v) is 3.28. The van der Waals surface area contributed by atoms with Gasteiger partial charge in [-0.2, -0.15) is 0 Å². The van der Waals surface area contributed by atoms with Crippen LogP contribution in [0.3, 0.4) is 0 Å². The molecule has 5 nitrogen and oxygen atoms in total. The predicted octanol–water partition coefficient (Wildman–Crippen LogP) is 4.41. The zero-order valence-corrected chi connectivity index (χ0v) is 15.4. The molecule has 0 aliphatic carbocycles. The van der Waals surface area contributed by atoms with Crippen molar-refractivity contribution in [2.24, 2.45) is 0 Å². The summed E-state index contributed by atoms with van der Waals surface area (Å²) in [5.41, 5.74) is 2.49. The largest absolute Gasteiger partial charge is 0.451 e. The molecule has 0 radical (unpaired) electrons. The van der Waals surface area contributed by atoms with E-state index in [1.165, 1.54) is 13.0 Å². The SMILES string of the molecule is CC(=O)c1ccc(C(=O)OCC(=O)Nc2ccccc2-c2ccccc2)s1. The first-order valence-electron chi connectivity index (χ1n) is 8.27. The third kappa shape index (κ3) is 4.68. The molecule has 1 aromatic heterocycles. The molecule has 27 heavy (non-hydrogen) atoms. The van der Waals surface area contributed by atoms with E-state index in [2.05, 4.69) is 5.32 Å². The summed E-state index contributed by atoms with van der Waals surface area (Å²) in [6.45, 7) is 1.02. The standard InChI is InChI=1S/C21H17NO4S/c1-14(23)18-11-12-19(27-18)21(25)26-13-20(24)22-17-10-6-5-9-16(17)15-7-3-2-4-8-15/h2-12H,13H2,1H3,(H,22,24). The van der Waals surface area contributed by atoms with Crippen LogP contribution in [0.1, 0.15) is 26.3 Å². The van der Waals surface area contributed by atoms with Crippen LogP contribution in [0.25, 0.3) is 11.1 Å². The fourth-order valence-electron chi connectivity index (χ4n) is 2.49. The van der Waals surface area contributed by atoms with Crippen LogP contribution < -0.4 is 5.32 Å². The summed E-state index contributed by atoms with van der Waals surface area (Å²) in [4.78, 5) is 36.3. The maximum Gasteiger partial charge on any atom is 0.348 e. The van der Waals surface area contributed by atoms with Crippen molar-refractivity contribution in [1.82, 2.24) is 0 Å². The summed E-state index contributed by atoms with van der Waals surface area (Å²) in [6.07, 6.45) is 0. The van der Waals surface area contributed by atoms with E-state index in [9.17, 15) is 14.4 Å². The summed E-state index contributed by atoms with van der Waals surface area (Å²) in [5, 5.41) is 2.77. The van der Waals surface area contributed by atoms with Crippen LogP contribution in [0.4, 0.5) is 5.69 Å². The van der Waals surface area contributed by atoms with Gasteiger partial charge < -0.3 is 10.1 Å². The van der Waals surface area contributed by atoms with Crippen molar-refractivity contribution in [3.05, 3.63) is 76.5 Å². The molecular formula is C21H17NO4S. The smallest absolute Gasteiger partial charge is 0.348 e. The Hall–Kier alpha value is -3.25. The lowest BCUT2D eigenvalue weighted by Crippen LogP contribution is -2.21. The summed E-state index contributed by atoms with van der Waals surface area (Å²) < 4.78 is 5.05. The summed E-state index contributed by atoms with van der Waals surface area (Å²) in [6, 6.07) is 20.2. The third-order valence-electron chi connectivity index (χ3n) is 3.77. The molecule has 0 aliphatic heterocycles. The minimum Gasteiger partial charge on any atom is -0.451 e. The molecule has 0 unspecified atom stereocenters. The highest BCUT2D eigenvalue weighted by molar-refractivity contribution is 7.15. The van der Waals surface area contributed by atoms with Gasteiger partial charge in [0.2, 0.25) is 0 Å². The Morgan fingerprint density at radius 3 is 2.26 bits per heavy atom. The minimum atomic E-state index is -0.626. The number of carbonyl (C=O) groups is 3. The number of esters is 1. The van der Waals surface area contributed by atoms with Gasteiger partial charge in [0.1, 0.15) is 4.88 Å². The lowest BCUT2D eigenvalue weighted by molar-refractivity contribution is -0.119. The minimum absolute atomic E-state index is 0.116. The number of rotatable bonds is 6. The Kier molecular flexibility index (Phi) is 5.78. The third-order valence-corrected chi connectivity index (χ3v) is 4.94. The molecule has 0 fully saturated rings. The first-order valence-corrected chi connectivity index (χ1v) is 9.08. The number of nitrogens with one attached hydrogen (secondary N) is 1. The number of thiophene rings is 1. The second-order valence-corrected chi connectivity index (χ2v) is 6.84. The zero-order valence-electron chi connectivity index (χ0n) is 14.6. The van der Waals surface area contributed by atoms with E-state index < -0.39 is 18.5 Å². The molecule has 0 saturated carbocycles. The number of ketones is 1. The van der Waals surface area contributed by atoms with Crippen molar-refractivity contribution in [3.63, 3.8) is 0 Å². The van der Waals surface area contributed by atoms with Crippen LogP contribution in [0.5, 0.6) is 0 Å². The number of hydrogen-bond donors (Lipinski definition) is 1. The number of Topliss-reactive ketones (excluding diaryl/α,β-unsaturated/α-hetero) is 1. The summed E-state index contributed by atoms with van der Waals surface area (Å²) in [7, 11) is 0. The average Bonchev–Trinajstić information content (AvgIpc) is 3.18. The molecule has 1 N–H and O–H groups in total. The molecule has 0 aliphatic rings. The molecule has 1 heterocycles. The van der Waals surface area contributed by atoms with Gasteiger partial charge in [0.05, 0.1) is 4.88 Å². The number of hydrogen-bond acceptors (Lipinski definition) is 5. The fraction of sp³-hybridized carbons (Fsp3) is 0.0952. The van der Waals surface area contributed by atoms with E-state index in [0.717, 1.165) is 22.5 Å². The van der Waals surface area contributed by atoms with Gasteiger partial charge >= 0.3 is 5.97 Å². The highest BCUT2D eigenvalue weighted by atomic mass is 32.1. The number of amides is 1. The number of anilines is 1. The van der Waals surface area contributed by atoms with E-state index in [-0.39, 0.29) is 10.7 Å². The lowest BCUT2D eigenvalue weighted by Gasteiger charge is -2.11. The molecule has 136 valence electrons. The topological polar surface area (TPSA) is 72.5 Å². The van der Waals surface area contributed by atoms with E-state index >= 15 is 0 Å². The van der Waals surface area contributed by atoms with Crippen LogP contribution >= 0.6 is 11.3 Å². The van der Waals surface area contributed by atoms with Gasteiger partial charge in [-0.15, -0.1) is 11.3 Å². The van der Waals surface area contributed by atoms with Gasteiger partial charge in [0.25, 0.3) is 5.91 Å². The lowest BCUT2D eigenvalue weighted by atomic mass is 10.0. The van der Waals surface area contributed by atoms with E-state index in [0.29, 0.717) is 10.6 Å². The molecule has 6 heteroatoms. The van der Waals surface area contributed by atoms with Gasteiger partial charge in [0.15, 0.2) is 12.4 Å². The highest BCUT2D eigenvalue weighted by Crippen LogP contribution is 2.27. The van der Waals surface area contributed by atoms with E-state index in [4.69, 9.17) is 4.74 Å². The van der Waals surface area contributed by atoms with Crippen molar-refractivity contribution in [2.45, 2.75) is 6.92 Å². The van der Waals surface area contributed by atoms with E-state index in [1.54, 1.807) is 12.1 Å². The molecule has 0 bridgehead atoms. The van der Waals surface area contributed by atoms with Gasteiger partial charge in [0, 0.05) is 11.3 Å². The second-order valence-electron chi connectivity index (χ2n) is 5.76. The van der Waals surface area contributed by atoms with Crippen LogP contribution in [-0.4, -0.2) is 24.3 Å². The van der Waals surface area contributed by atoms with Crippen molar-refractivity contribution in [3.8, 4) is 11.1 Å². The first-order chi connectivity index (χ1) is 13.0. The Balaban J connectivity index is 1.63. The Bertz CT molecular complexity index is 979. The second kappa shape index (κ2) is 8.42. The van der Waals surface area contributed by atoms with Gasteiger partial charge in [-0.3, -0.25) is 9.59 Å². The van der Waals surface area contributed by atoms with Crippen LogP contribution in [0.2, 0.25) is 0 Å². The molecule has 0 atom stereocenters. The predicted molar refractivity (Wildman–Crippen MR) is 105 cm³/mol. The normalized spacial score (nSPS) is 10.3. The van der Waals surface area contributed by atoms with Crippen molar-refractivity contribution < 1.29 is 19.1 Å². The van der Waals surface area contributed by atoms with Crippen molar-refractivity contribution >= 4 is 34.7 Å². The summed E-state index contributed by atoms with van der Waals surface area (Å²) >= 11 is 1.05. The molecule has 3 aromatic rings. The highest BCUT2D eigenvalue weighted by Gasteiger charge is 2.15. The zero-order chi connectivity index (χ0) is 19.2. The maximum absolute atomic E-state index is 12.2. The molecule has 0 spiro atoms. The molecule has 1 amide bonds. The maximum atomic E-state index is 12.2. The number of ether oxygens (including phenoxy) is 1. The Morgan fingerprint density at radius 1 is 0.889 bits per heavy atom. The average molecular weight is 379 g/mol. The van der Waals surface area contributed by atoms with Crippen molar-refractivity contribution in [2.75, 3.05) is 11.9 Å². The molecule has 2 aromatic carbocycles. The Labute approximate surface area is 160 Å². The van der Waals surface area contributed by atoms with Crippen molar-refractivity contribution in [1.29, 1.82) is 0 Å².